The summed E-state index contributed by atoms with van der Waals surface area (Å²) in [5, 5.41) is 0.383. The summed E-state index contributed by atoms with van der Waals surface area (Å²) >= 11 is 6.36. The average molecular weight is 411 g/mol. The van der Waals surface area contributed by atoms with E-state index in [1.807, 2.05) is 32.0 Å². The fourth-order valence-electron chi connectivity index (χ4n) is 3.17. The summed E-state index contributed by atoms with van der Waals surface area (Å²) in [5.41, 5.74) is 3.53. The third-order valence-corrected chi connectivity index (χ3v) is 4.97. The number of halogens is 4. The van der Waals surface area contributed by atoms with Gasteiger partial charge in [-0.1, -0.05) is 35.4 Å². The Morgan fingerprint density at radius 3 is 2.50 bits per heavy atom. The summed E-state index contributed by atoms with van der Waals surface area (Å²) < 4.78 is 49.8. The Hall–Kier alpha value is -2.47. The molecule has 0 saturated heterocycles. The minimum absolute atomic E-state index is 0.0270. The van der Waals surface area contributed by atoms with Gasteiger partial charge in [0.15, 0.2) is 0 Å². The molecule has 0 saturated carbocycles. The SMILES string of the molecule is COC(=O)C1=Cc2cc(Cl)c(Cc3ccc(C)cc3C)cc2OC1C(F)(F)F. The lowest BCUT2D eigenvalue weighted by atomic mass is 9.95. The molecule has 0 radical (unpaired) electrons. The molecule has 0 fully saturated rings. The smallest absolute Gasteiger partial charge is 0.430 e. The van der Waals surface area contributed by atoms with Gasteiger partial charge in [0, 0.05) is 10.6 Å². The number of benzene rings is 2. The molecule has 0 bridgehead atoms. The molecular weight excluding hydrogens is 393 g/mol. The predicted octanol–water partition coefficient (Wildman–Crippen LogP) is 5.43. The summed E-state index contributed by atoms with van der Waals surface area (Å²) in [6.07, 6.45) is -5.57. The maximum atomic E-state index is 13.4. The van der Waals surface area contributed by atoms with Crippen molar-refractivity contribution in [3.05, 3.63) is 68.7 Å². The Balaban J connectivity index is 2.02. The first kappa shape index (κ1) is 20.3. The summed E-state index contributed by atoms with van der Waals surface area (Å²) in [7, 11) is 1.02. The highest BCUT2D eigenvalue weighted by molar-refractivity contribution is 6.31. The number of carbonyl (C=O) groups is 1. The Morgan fingerprint density at radius 1 is 1.18 bits per heavy atom. The van der Waals surface area contributed by atoms with Gasteiger partial charge in [-0.2, -0.15) is 13.2 Å². The fraction of sp³-hybridized carbons (Fsp3) is 0.286. The van der Waals surface area contributed by atoms with Crippen LogP contribution in [0.15, 0.2) is 35.9 Å². The number of aryl methyl sites for hydroxylation is 2. The molecule has 1 atom stereocenters. The van der Waals surface area contributed by atoms with Crippen LogP contribution in [-0.2, 0) is 16.0 Å². The number of hydrogen-bond acceptors (Lipinski definition) is 3. The molecule has 3 nitrogen and oxygen atoms in total. The monoisotopic (exact) mass is 410 g/mol. The molecule has 1 unspecified atom stereocenters. The summed E-state index contributed by atoms with van der Waals surface area (Å²) in [6, 6.07) is 8.97. The van der Waals surface area contributed by atoms with E-state index in [1.54, 1.807) is 0 Å². The minimum Gasteiger partial charge on any atom is -0.475 e. The van der Waals surface area contributed by atoms with E-state index in [1.165, 1.54) is 12.1 Å². The van der Waals surface area contributed by atoms with E-state index in [9.17, 15) is 18.0 Å². The minimum atomic E-state index is -4.76. The van der Waals surface area contributed by atoms with Crippen LogP contribution < -0.4 is 4.74 Å². The van der Waals surface area contributed by atoms with Crippen molar-refractivity contribution in [3.8, 4) is 5.75 Å². The zero-order valence-electron chi connectivity index (χ0n) is 15.5. The highest BCUT2D eigenvalue weighted by atomic mass is 35.5. The lowest BCUT2D eigenvalue weighted by molar-refractivity contribution is -0.187. The molecule has 0 aromatic heterocycles. The van der Waals surface area contributed by atoms with Crippen LogP contribution in [0.4, 0.5) is 13.2 Å². The van der Waals surface area contributed by atoms with E-state index >= 15 is 0 Å². The quantitative estimate of drug-likeness (QED) is 0.633. The van der Waals surface area contributed by atoms with Gasteiger partial charge in [0.05, 0.1) is 12.7 Å². The molecule has 28 heavy (non-hydrogen) atoms. The molecule has 1 heterocycles. The van der Waals surface area contributed by atoms with Crippen molar-refractivity contribution in [2.24, 2.45) is 0 Å². The predicted molar refractivity (Wildman–Crippen MR) is 101 cm³/mol. The number of methoxy groups -OCH3 is 1. The van der Waals surface area contributed by atoms with Crippen LogP contribution in [0.3, 0.4) is 0 Å². The first-order valence-corrected chi connectivity index (χ1v) is 8.89. The topological polar surface area (TPSA) is 35.5 Å². The second-order valence-electron chi connectivity index (χ2n) is 6.72. The normalized spacial score (nSPS) is 16.1. The number of fused-ring (bicyclic) bond motifs is 1. The van der Waals surface area contributed by atoms with E-state index in [0.29, 0.717) is 22.6 Å². The number of hydrogen-bond donors (Lipinski definition) is 0. The Morgan fingerprint density at radius 2 is 1.89 bits per heavy atom. The molecular formula is C21H18ClF3O3. The molecule has 1 aliphatic rings. The van der Waals surface area contributed by atoms with E-state index < -0.39 is 23.8 Å². The van der Waals surface area contributed by atoms with Gasteiger partial charge in [0.2, 0.25) is 6.10 Å². The van der Waals surface area contributed by atoms with E-state index in [-0.39, 0.29) is 5.75 Å². The van der Waals surface area contributed by atoms with E-state index in [0.717, 1.165) is 29.9 Å². The van der Waals surface area contributed by atoms with Crippen molar-refractivity contribution in [1.29, 1.82) is 0 Å². The zero-order valence-corrected chi connectivity index (χ0v) is 16.2. The maximum absolute atomic E-state index is 13.4. The average Bonchev–Trinajstić information content (AvgIpc) is 2.62. The van der Waals surface area contributed by atoms with Crippen LogP contribution in [-0.4, -0.2) is 25.4 Å². The van der Waals surface area contributed by atoms with Crippen molar-refractivity contribution < 1.29 is 27.4 Å². The largest absolute Gasteiger partial charge is 0.475 e. The third-order valence-electron chi connectivity index (χ3n) is 4.61. The molecule has 0 N–H and O–H groups in total. The second-order valence-corrected chi connectivity index (χ2v) is 7.13. The van der Waals surface area contributed by atoms with Gasteiger partial charge in [-0.3, -0.25) is 0 Å². The fourth-order valence-corrected chi connectivity index (χ4v) is 3.41. The van der Waals surface area contributed by atoms with E-state index in [2.05, 4.69) is 4.74 Å². The van der Waals surface area contributed by atoms with Gasteiger partial charge >= 0.3 is 12.1 Å². The molecule has 0 aliphatic carbocycles. The molecule has 3 rings (SSSR count). The standard InChI is InChI=1S/C21H18ClF3O3/c1-11-4-5-13(12(2)6-11)7-14-10-18-15(9-17(14)22)8-16(20(26)27-3)19(28-18)21(23,24)25/h4-6,8-10,19H,7H2,1-3H3. The Labute approximate surface area is 165 Å². The number of esters is 1. The molecule has 2 aromatic rings. The van der Waals surface area contributed by atoms with Gasteiger partial charge in [-0.05, 0) is 55.2 Å². The third kappa shape index (κ3) is 4.02. The molecule has 0 spiro atoms. The summed E-state index contributed by atoms with van der Waals surface area (Å²) in [5.74, 6) is -1.07. The van der Waals surface area contributed by atoms with Gasteiger partial charge in [-0.25, -0.2) is 4.79 Å². The first-order valence-electron chi connectivity index (χ1n) is 8.52. The van der Waals surface area contributed by atoms with Crippen LogP contribution in [0, 0.1) is 13.8 Å². The van der Waals surface area contributed by atoms with Gasteiger partial charge in [0.25, 0.3) is 0 Å². The van der Waals surface area contributed by atoms with Crippen LogP contribution in [0.2, 0.25) is 5.02 Å². The molecule has 1 aliphatic heterocycles. The Kier molecular flexibility index (Phi) is 5.44. The van der Waals surface area contributed by atoms with Crippen molar-refractivity contribution in [2.75, 3.05) is 7.11 Å². The lowest BCUT2D eigenvalue weighted by Crippen LogP contribution is -2.40. The van der Waals surface area contributed by atoms with Crippen molar-refractivity contribution in [1.82, 2.24) is 0 Å². The van der Waals surface area contributed by atoms with Gasteiger partial charge < -0.3 is 9.47 Å². The van der Waals surface area contributed by atoms with E-state index in [4.69, 9.17) is 16.3 Å². The summed E-state index contributed by atoms with van der Waals surface area (Å²) in [4.78, 5) is 11.8. The van der Waals surface area contributed by atoms with Crippen molar-refractivity contribution in [2.45, 2.75) is 32.5 Å². The molecule has 7 heteroatoms. The number of rotatable bonds is 3. The maximum Gasteiger partial charge on any atom is 0.430 e. The van der Waals surface area contributed by atoms with Crippen LogP contribution in [0.1, 0.15) is 27.8 Å². The van der Waals surface area contributed by atoms with Gasteiger partial charge in [-0.15, -0.1) is 0 Å². The number of alkyl halides is 3. The molecule has 148 valence electrons. The first-order chi connectivity index (χ1) is 13.1. The zero-order chi connectivity index (χ0) is 20.6. The van der Waals surface area contributed by atoms with Crippen LogP contribution >= 0.6 is 11.6 Å². The van der Waals surface area contributed by atoms with Crippen molar-refractivity contribution >= 4 is 23.6 Å². The summed E-state index contributed by atoms with van der Waals surface area (Å²) in [6.45, 7) is 3.95. The number of ether oxygens (including phenoxy) is 2. The second kappa shape index (κ2) is 7.51. The van der Waals surface area contributed by atoms with Crippen molar-refractivity contribution in [3.63, 3.8) is 0 Å². The molecule has 0 amide bonds. The lowest BCUT2D eigenvalue weighted by Gasteiger charge is -2.28. The van der Waals surface area contributed by atoms with Crippen LogP contribution in [0.25, 0.3) is 6.08 Å². The van der Waals surface area contributed by atoms with Gasteiger partial charge in [0.1, 0.15) is 5.75 Å². The molecule has 2 aromatic carbocycles. The number of carbonyl (C=O) groups excluding carboxylic acids is 1. The van der Waals surface area contributed by atoms with Crippen LogP contribution in [0.5, 0.6) is 5.75 Å². The highest BCUT2D eigenvalue weighted by Crippen LogP contribution is 2.40. The highest BCUT2D eigenvalue weighted by Gasteiger charge is 2.48. The Bertz CT molecular complexity index is 964.